The van der Waals surface area contributed by atoms with Crippen molar-refractivity contribution in [2.45, 2.75) is 19.4 Å². The number of carbonyl (C=O) groups excluding carboxylic acids is 1. The van der Waals surface area contributed by atoms with Crippen LogP contribution in [0.25, 0.3) is 0 Å². The quantitative estimate of drug-likeness (QED) is 0.752. The highest BCUT2D eigenvalue weighted by atomic mass is 35.5. The molecule has 6 heteroatoms. The van der Waals surface area contributed by atoms with Crippen LogP contribution in [0.1, 0.15) is 17.5 Å². The van der Waals surface area contributed by atoms with E-state index in [-0.39, 0.29) is 17.5 Å². The molecule has 0 bridgehead atoms. The van der Waals surface area contributed by atoms with Crippen molar-refractivity contribution in [3.8, 4) is 5.75 Å². The van der Waals surface area contributed by atoms with Gasteiger partial charge in [-0.3, -0.25) is 9.69 Å². The molecule has 1 amide bonds. The molecule has 0 aromatic heterocycles. The maximum Gasteiger partial charge on any atom is 0.222 e. The molecule has 1 heterocycles. The maximum absolute atomic E-state index is 13.8. The van der Waals surface area contributed by atoms with Crippen LogP contribution in [0.15, 0.2) is 42.5 Å². The number of carbonyl (C=O) groups is 1. The minimum Gasteiger partial charge on any atom is -0.494 e. The van der Waals surface area contributed by atoms with Crippen molar-refractivity contribution < 1.29 is 13.9 Å². The second-order valence-electron chi connectivity index (χ2n) is 6.76. The van der Waals surface area contributed by atoms with Crippen LogP contribution in [0.2, 0.25) is 5.02 Å². The van der Waals surface area contributed by atoms with Gasteiger partial charge < -0.3 is 9.64 Å². The molecule has 0 atom stereocenters. The fourth-order valence-electron chi connectivity index (χ4n) is 3.32. The van der Waals surface area contributed by atoms with E-state index in [1.807, 2.05) is 35.2 Å². The number of aryl methyl sites for hydroxylation is 1. The zero-order valence-corrected chi connectivity index (χ0v) is 16.2. The Labute approximate surface area is 164 Å². The summed E-state index contributed by atoms with van der Waals surface area (Å²) in [5.41, 5.74) is 1.99. The molecule has 0 radical (unpaired) electrons. The van der Waals surface area contributed by atoms with Crippen molar-refractivity contribution in [1.82, 2.24) is 9.80 Å². The van der Waals surface area contributed by atoms with Crippen LogP contribution < -0.4 is 4.74 Å². The van der Waals surface area contributed by atoms with Crippen molar-refractivity contribution in [3.05, 3.63) is 64.4 Å². The summed E-state index contributed by atoms with van der Waals surface area (Å²) in [6.45, 7) is 3.65. The molecule has 1 saturated heterocycles. The lowest BCUT2D eigenvalue weighted by molar-refractivity contribution is -0.133. The number of halogens is 2. The molecule has 0 spiro atoms. The second-order valence-corrected chi connectivity index (χ2v) is 7.19. The van der Waals surface area contributed by atoms with Gasteiger partial charge in [0.05, 0.1) is 7.11 Å². The number of amides is 1. The summed E-state index contributed by atoms with van der Waals surface area (Å²) in [6, 6.07) is 12.7. The third-order valence-electron chi connectivity index (χ3n) is 4.86. The monoisotopic (exact) mass is 390 g/mol. The van der Waals surface area contributed by atoms with E-state index in [0.717, 1.165) is 24.2 Å². The molecule has 3 rings (SSSR count). The van der Waals surface area contributed by atoms with E-state index in [0.29, 0.717) is 37.5 Å². The molecular formula is C21H24ClFN2O2. The van der Waals surface area contributed by atoms with E-state index in [1.165, 1.54) is 13.2 Å². The molecule has 1 fully saturated rings. The second kappa shape index (κ2) is 9.20. The number of piperazine rings is 1. The third kappa shape index (κ3) is 5.44. The van der Waals surface area contributed by atoms with E-state index in [9.17, 15) is 9.18 Å². The largest absolute Gasteiger partial charge is 0.494 e. The minimum atomic E-state index is -0.343. The molecule has 27 heavy (non-hydrogen) atoms. The van der Waals surface area contributed by atoms with Crippen LogP contribution in [0.4, 0.5) is 4.39 Å². The number of rotatable bonds is 6. The molecule has 0 unspecified atom stereocenters. The number of ether oxygens (including phenoxy) is 1. The van der Waals surface area contributed by atoms with Crippen molar-refractivity contribution in [1.29, 1.82) is 0 Å². The van der Waals surface area contributed by atoms with Gasteiger partial charge in [-0.2, -0.15) is 0 Å². The number of hydrogen-bond donors (Lipinski definition) is 0. The van der Waals surface area contributed by atoms with E-state index < -0.39 is 0 Å². The summed E-state index contributed by atoms with van der Waals surface area (Å²) in [6.07, 6.45) is 1.19. The first-order valence-electron chi connectivity index (χ1n) is 9.12. The fraction of sp³-hybridized carbons (Fsp3) is 0.381. The average Bonchev–Trinajstić information content (AvgIpc) is 2.67. The highest BCUT2D eigenvalue weighted by molar-refractivity contribution is 6.30. The first kappa shape index (κ1) is 19.6. The lowest BCUT2D eigenvalue weighted by atomic mass is 10.1. The average molecular weight is 391 g/mol. The normalized spacial score (nSPS) is 15.0. The van der Waals surface area contributed by atoms with Gasteiger partial charge in [0.25, 0.3) is 0 Å². The van der Waals surface area contributed by atoms with Crippen LogP contribution in [0, 0.1) is 5.82 Å². The molecule has 0 N–H and O–H groups in total. The van der Waals surface area contributed by atoms with E-state index >= 15 is 0 Å². The first-order chi connectivity index (χ1) is 13.0. The molecule has 144 valence electrons. The highest BCUT2D eigenvalue weighted by Gasteiger charge is 2.21. The summed E-state index contributed by atoms with van der Waals surface area (Å²) in [5, 5.41) is 0.698. The van der Waals surface area contributed by atoms with Crippen LogP contribution in [-0.4, -0.2) is 49.0 Å². The molecule has 1 aliphatic heterocycles. The van der Waals surface area contributed by atoms with Gasteiger partial charge in [0, 0.05) is 44.2 Å². The van der Waals surface area contributed by atoms with Crippen molar-refractivity contribution in [2.24, 2.45) is 0 Å². The van der Waals surface area contributed by atoms with Crippen LogP contribution in [0.5, 0.6) is 5.75 Å². The molecular weight excluding hydrogens is 367 g/mol. The highest BCUT2D eigenvalue weighted by Crippen LogP contribution is 2.19. The lowest BCUT2D eigenvalue weighted by Crippen LogP contribution is -2.48. The lowest BCUT2D eigenvalue weighted by Gasteiger charge is -2.35. The van der Waals surface area contributed by atoms with Crippen LogP contribution >= 0.6 is 11.6 Å². The fourth-order valence-corrected chi connectivity index (χ4v) is 3.54. The number of nitrogens with zero attached hydrogens (tertiary/aromatic N) is 2. The predicted octanol–water partition coefficient (Wildman–Crippen LogP) is 3.76. The summed E-state index contributed by atoms with van der Waals surface area (Å²) in [5.74, 6) is 0.0869. The topological polar surface area (TPSA) is 32.8 Å². The third-order valence-corrected chi connectivity index (χ3v) is 5.10. The Kier molecular flexibility index (Phi) is 6.69. The predicted molar refractivity (Wildman–Crippen MR) is 105 cm³/mol. The molecule has 0 saturated carbocycles. The van der Waals surface area contributed by atoms with E-state index in [1.54, 1.807) is 6.07 Å². The molecule has 4 nitrogen and oxygen atoms in total. The smallest absolute Gasteiger partial charge is 0.222 e. The molecule has 1 aliphatic rings. The Morgan fingerprint density at radius 3 is 2.56 bits per heavy atom. The minimum absolute atomic E-state index is 0.171. The number of benzene rings is 2. The Morgan fingerprint density at radius 2 is 1.89 bits per heavy atom. The van der Waals surface area contributed by atoms with E-state index in [2.05, 4.69) is 4.90 Å². The van der Waals surface area contributed by atoms with Gasteiger partial charge in [-0.05, 0) is 41.8 Å². The van der Waals surface area contributed by atoms with Crippen LogP contribution in [-0.2, 0) is 17.8 Å². The number of methoxy groups -OCH3 is 1. The molecule has 2 aromatic rings. The zero-order chi connectivity index (χ0) is 19.2. The van der Waals surface area contributed by atoms with Crippen molar-refractivity contribution in [2.75, 3.05) is 33.3 Å². The van der Waals surface area contributed by atoms with Crippen LogP contribution in [0.3, 0.4) is 0 Å². The van der Waals surface area contributed by atoms with Gasteiger partial charge in [-0.15, -0.1) is 0 Å². The summed E-state index contributed by atoms with van der Waals surface area (Å²) < 4.78 is 18.8. The Balaban J connectivity index is 1.45. The van der Waals surface area contributed by atoms with Gasteiger partial charge in [0.2, 0.25) is 5.91 Å². The summed E-state index contributed by atoms with van der Waals surface area (Å²) >= 11 is 5.99. The Bertz CT molecular complexity index is 792. The van der Waals surface area contributed by atoms with Crippen molar-refractivity contribution >= 4 is 17.5 Å². The maximum atomic E-state index is 13.8. The van der Waals surface area contributed by atoms with E-state index in [4.69, 9.17) is 16.3 Å². The Morgan fingerprint density at radius 1 is 1.11 bits per heavy atom. The number of hydrogen-bond acceptors (Lipinski definition) is 3. The van der Waals surface area contributed by atoms with Gasteiger partial charge >= 0.3 is 0 Å². The van der Waals surface area contributed by atoms with Crippen molar-refractivity contribution in [3.63, 3.8) is 0 Å². The standard InChI is InChI=1S/C21H24ClFN2O2/c1-27-20-7-5-17(14-19(20)23)15-24-9-11-25(12-10-24)21(26)8-6-16-3-2-4-18(22)13-16/h2-5,7,13-14H,6,8-12,15H2,1H3. The van der Waals surface area contributed by atoms with Gasteiger partial charge in [-0.25, -0.2) is 4.39 Å². The van der Waals surface area contributed by atoms with Gasteiger partial charge in [0.1, 0.15) is 0 Å². The molecule has 2 aromatic carbocycles. The SMILES string of the molecule is COc1ccc(CN2CCN(C(=O)CCc3cccc(Cl)c3)CC2)cc1F. The Hall–Kier alpha value is -2.11. The zero-order valence-electron chi connectivity index (χ0n) is 15.5. The molecule has 0 aliphatic carbocycles. The van der Waals surface area contributed by atoms with Gasteiger partial charge in [0.15, 0.2) is 11.6 Å². The summed E-state index contributed by atoms with van der Waals surface area (Å²) in [4.78, 5) is 16.6. The first-order valence-corrected chi connectivity index (χ1v) is 9.50. The summed E-state index contributed by atoms with van der Waals surface area (Å²) in [7, 11) is 1.46. The van der Waals surface area contributed by atoms with Gasteiger partial charge in [-0.1, -0.05) is 29.8 Å².